The highest BCUT2D eigenvalue weighted by atomic mass is 32.1. The third-order valence-electron chi connectivity index (χ3n) is 3.98. The Hall–Kier alpha value is -2.53. The number of carbonyl (C=O) groups is 1. The maximum Gasteiger partial charge on any atom is 0.223 e. The van der Waals surface area contributed by atoms with E-state index in [4.69, 9.17) is 0 Å². The summed E-state index contributed by atoms with van der Waals surface area (Å²) in [6, 6.07) is 15.9. The van der Waals surface area contributed by atoms with Gasteiger partial charge in [-0.25, -0.2) is 4.98 Å². The fourth-order valence-corrected chi connectivity index (χ4v) is 3.40. The van der Waals surface area contributed by atoms with Gasteiger partial charge in [0.15, 0.2) is 0 Å². The second-order valence-electron chi connectivity index (χ2n) is 5.73. The molecule has 25 heavy (non-hydrogen) atoms. The number of carbonyl (C=O) groups excluding carboxylic acids is 1. The van der Waals surface area contributed by atoms with Crippen LogP contribution in [0.25, 0.3) is 11.4 Å². The summed E-state index contributed by atoms with van der Waals surface area (Å²) >= 11 is 1.59. The second-order valence-corrected chi connectivity index (χ2v) is 6.68. The highest BCUT2D eigenvalue weighted by Crippen LogP contribution is 2.20. The molecule has 2 heterocycles. The lowest BCUT2D eigenvalue weighted by atomic mass is 10.2. The zero-order valence-corrected chi connectivity index (χ0v) is 15.1. The molecule has 4 nitrogen and oxygen atoms in total. The largest absolute Gasteiger partial charge is 0.339 e. The lowest BCUT2D eigenvalue weighted by molar-refractivity contribution is -0.131. The molecule has 128 valence electrons. The molecule has 5 heteroatoms. The quantitative estimate of drug-likeness (QED) is 0.641. The molecule has 0 saturated heterocycles. The van der Waals surface area contributed by atoms with Gasteiger partial charge in [0.05, 0.1) is 16.4 Å². The number of hydrogen-bond donors (Lipinski definition) is 0. The van der Waals surface area contributed by atoms with Crippen molar-refractivity contribution in [1.29, 1.82) is 0 Å². The smallest absolute Gasteiger partial charge is 0.223 e. The number of thiazole rings is 1. The van der Waals surface area contributed by atoms with Gasteiger partial charge in [-0.2, -0.15) is 0 Å². The first-order valence-electron chi connectivity index (χ1n) is 8.43. The summed E-state index contributed by atoms with van der Waals surface area (Å²) in [4.78, 5) is 23.3. The van der Waals surface area contributed by atoms with Crippen LogP contribution in [0.2, 0.25) is 0 Å². The van der Waals surface area contributed by atoms with Crippen LogP contribution < -0.4 is 0 Å². The lowest BCUT2D eigenvalue weighted by Crippen LogP contribution is -2.30. The molecule has 0 atom stereocenters. The van der Waals surface area contributed by atoms with Crippen molar-refractivity contribution >= 4 is 17.2 Å². The van der Waals surface area contributed by atoms with Crippen LogP contribution in [0.15, 0.2) is 60.1 Å². The van der Waals surface area contributed by atoms with Crippen molar-refractivity contribution in [3.8, 4) is 11.4 Å². The molecule has 0 spiro atoms. The van der Waals surface area contributed by atoms with E-state index in [-0.39, 0.29) is 5.91 Å². The Morgan fingerprint density at radius 2 is 1.88 bits per heavy atom. The minimum Gasteiger partial charge on any atom is -0.339 e. The van der Waals surface area contributed by atoms with E-state index in [1.165, 1.54) is 0 Å². The summed E-state index contributed by atoms with van der Waals surface area (Å²) in [5, 5.41) is 2.98. The Balaban J connectivity index is 1.57. The van der Waals surface area contributed by atoms with Crippen molar-refractivity contribution in [2.24, 2.45) is 0 Å². The molecule has 2 aromatic heterocycles. The first-order chi connectivity index (χ1) is 12.3. The van der Waals surface area contributed by atoms with Crippen molar-refractivity contribution in [3.05, 3.63) is 70.7 Å². The van der Waals surface area contributed by atoms with Crippen LogP contribution in [-0.4, -0.2) is 27.3 Å². The highest BCUT2D eigenvalue weighted by molar-refractivity contribution is 7.09. The fourth-order valence-electron chi connectivity index (χ4n) is 2.61. The normalized spacial score (nSPS) is 10.6. The zero-order chi connectivity index (χ0) is 17.5. The van der Waals surface area contributed by atoms with E-state index in [2.05, 4.69) is 22.1 Å². The molecule has 1 aromatic carbocycles. The van der Waals surface area contributed by atoms with Gasteiger partial charge >= 0.3 is 0 Å². The predicted octanol–water partition coefficient (Wildman–Crippen LogP) is 4.19. The molecule has 3 rings (SSSR count). The van der Waals surface area contributed by atoms with Crippen molar-refractivity contribution in [2.45, 2.75) is 26.3 Å². The first-order valence-corrected chi connectivity index (χ1v) is 9.31. The minimum atomic E-state index is 0.168. The minimum absolute atomic E-state index is 0.168. The maximum absolute atomic E-state index is 12.5. The van der Waals surface area contributed by atoms with Gasteiger partial charge in [-0.05, 0) is 24.6 Å². The zero-order valence-electron chi connectivity index (χ0n) is 14.3. The molecule has 1 amide bonds. The summed E-state index contributed by atoms with van der Waals surface area (Å²) < 4.78 is 0. The molecule has 0 aliphatic rings. The Kier molecular flexibility index (Phi) is 5.90. The average Bonchev–Trinajstić information content (AvgIpc) is 3.15. The molecule has 0 aliphatic carbocycles. The standard InChI is InChI=1S/C20H21N3OS/c1-2-23(14-16-8-4-3-5-9-16)20(24)12-11-19-22-18(15-25-19)17-10-6-7-13-21-17/h3-10,13,15H,2,11-12,14H2,1H3. The lowest BCUT2D eigenvalue weighted by Gasteiger charge is -2.20. The number of hydrogen-bond acceptors (Lipinski definition) is 4. The fraction of sp³-hybridized carbons (Fsp3) is 0.250. The Morgan fingerprint density at radius 3 is 2.60 bits per heavy atom. The maximum atomic E-state index is 12.5. The Labute approximate surface area is 152 Å². The molecule has 0 saturated carbocycles. The van der Waals surface area contributed by atoms with Crippen LogP contribution in [0.1, 0.15) is 23.9 Å². The number of amides is 1. The third-order valence-corrected chi connectivity index (χ3v) is 4.89. The van der Waals surface area contributed by atoms with Crippen molar-refractivity contribution in [3.63, 3.8) is 0 Å². The van der Waals surface area contributed by atoms with Crippen LogP contribution in [-0.2, 0) is 17.8 Å². The van der Waals surface area contributed by atoms with Gasteiger partial charge < -0.3 is 4.90 Å². The number of benzene rings is 1. The Bertz CT molecular complexity index is 802. The van der Waals surface area contributed by atoms with Crippen molar-refractivity contribution < 1.29 is 4.79 Å². The number of nitrogens with zero attached hydrogens (tertiary/aromatic N) is 3. The van der Waals surface area contributed by atoms with Gasteiger partial charge in [0.25, 0.3) is 0 Å². The number of aryl methyl sites for hydroxylation is 1. The molecule has 0 radical (unpaired) electrons. The molecule has 0 aliphatic heterocycles. The van der Waals surface area contributed by atoms with Crippen LogP contribution >= 0.6 is 11.3 Å². The monoisotopic (exact) mass is 351 g/mol. The summed E-state index contributed by atoms with van der Waals surface area (Å²) in [7, 11) is 0. The second kappa shape index (κ2) is 8.53. The van der Waals surface area contributed by atoms with E-state index in [1.807, 2.05) is 53.6 Å². The number of pyridine rings is 1. The topological polar surface area (TPSA) is 46.1 Å². The molecule has 0 fully saturated rings. The molecule has 3 aromatic rings. The summed E-state index contributed by atoms with van der Waals surface area (Å²) in [5.41, 5.74) is 2.91. The summed E-state index contributed by atoms with van der Waals surface area (Å²) in [6.07, 6.45) is 2.91. The SMILES string of the molecule is CCN(Cc1ccccc1)C(=O)CCc1nc(-c2ccccn2)cs1. The van der Waals surface area contributed by atoms with E-state index in [9.17, 15) is 4.79 Å². The van der Waals surface area contributed by atoms with Gasteiger partial charge in [-0.1, -0.05) is 36.4 Å². The van der Waals surface area contributed by atoms with Gasteiger partial charge in [-0.15, -0.1) is 11.3 Å². The number of aromatic nitrogens is 2. The Morgan fingerprint density at radius 1 is 1.08 bits per heavy atom. The van der Waals surface area contributed by atoms with Crippen LogP contribution in [0, 0.1) is 0 Å². The van der Waals surface area contributed by atoms with Crippen LogP contribution in [0.3, 0.4) is 0 Å². The molecule has 0 N–H and O–H groups in total. The van der Waals surface area contributed by atoms with E-state index in [1.54, 1.807) is 17.5 Å². The first kappa shape index (κ1) is 17.3. The summed E-state index contributed by atoms with van der Waals surface area (Å²) in [6.45, 7) is 3.39. The van der Waals surface area contributed by atoms with Crippen molar-refractivity contribution in [1.82, 2.24) is 14.9 Å². The third kappa shape index (κ3) is 4.73. The summed E-state index contributed by atoms with van der Waals surface area (Å²) in [5.74, 6) is 0.168. The van der Waals surface area contributed by atoms with Gasteiger partial charge in [0.2, 0.25) is 5.91 Å². The van der Waals surface area contributed by atoms with E-state index < -0.39 is 0 Å². The van der Waals surface area contributed by atoms with Gasteiger partial charge in [0, 0.05) is 37.5 Å². The number of rotatable bonds is 7. The molecule has 0 bridgehead atoms. The highest BCUT2D eigenvalue weighted by Gasteiger charge is 2.13. The van der Waals surface area contributed by atoms with Gasteiger partial charge in [0.1, 0.15) is 0 Å². The predicted molar refractivity (Wildman–Crippen MR) is 101 cm³/mol. The molecular weight excluding hydrogens is 330 g/mol. The van der Waals surface area contributed by atoms with Gasteiger partial charge in [-0.3, -0.25) is 9.78 Å². The van der Waals surface area contributed by atoms with Crippen LogP contribution in [0.4, 0.5) is 0 Å². The van der Waals surface area contributed by atoms with Crippen molar-refractivity contribution in [2.75, 3.05) is 6.54 Å². The van der Waals surface area contributed by atoms with Crippen LogP contribution in [0.5, 0.6) is 0 Å². The molecular formula is C20H21N3OS. The average molecular weight is 351 g/mol. The van der Waals surface area contributed by atoms with E-state index in [0.717, 1.165) is 22.0 Å². The van der Waals surface area contributed by atoms with E-state index >= 15 is 0 Å². The molecule has 0 unspecified atom stereocenters. The van der Waals surface area contributed by atoms with E-state index in [0.29, 0.717) is 25.9 Å².